The lowest BCUT2D eigenvalue weighted by Crippen LogP contribution is -2.22. The molecule has 2 aromatic carbocycles. The van der Waals surface area contributed by atoms with Gasteiger partial charge < -0.3 is 24.2 Å². The van der Waals surface area contributed by atoms with E-state index in [0.29, 0.717) is 30.5 Å². The summed E-state index contributed by atoms with van der Waals surface area (Å²) in [6.07, 6.45) is 6.56. The lowest BCUT2D eigenvalue weighted by atomic mass is 9.93. The van der Waals surface area contributed by atoms with E-state index in [4.69, 9.17) is 24.0 Å². The minimum absolute atomic E-state index is 0.0340. The number of fused-ring (bicyclic) bond motifs is 5. The molecule has 0 spiro atoms. The predicted molar refractivity (Wildman–Crippen MR) is 187 cm³/mol. The molecule has 12 heteroatoms. The first kappa shape index (κ1) is 30.7. The number of rotatable bonds is 9. The van der Waals surface area contributed by atoms with Gasteiger partial charge in [0.05, 0.1) is 53.5 Å². The Morgan fingerprint density at radius 2 is 1.90 bits per heavy atom. The third-order valence-electron chi connectivity index (χ3n) is 10.1. The maximum atomic E-state index is 14.3. The molecule has 1 aliphatic carbocycles. The van der Waals surface area contributed by atoms with Crippen molar-refractivity contribution in [1.82, 2.24) is 25.0 Å². The molecule has 4 aromatic heterocycles. The van der Waals surface area contributed by atoms with Crippen molar-refractivity contribution in [3.05, 3.63) is 100 Å². The molecule has 9 rings (SSSR count). The zero-order valence-electron chi connectivity index (χ0n) is 27.5. The van der Waals surface area contributed by atoms with Crippen molar-refractivity contribution in [3.63, 3.8) is 0 Å². The summed E-state index contributed by atoms with van der Waals surface area (Å²) in [5.74, 6) is 1.61. The van der Waals surface area contributed by atoms with Gasteiger partial charge in [0.25, 0.3) is 11.8 Å². The molecular formula is C38H33FN6O4S. The maximum absolute atomic E-state index is 14.3. The first-order valence-corrected chi connectivity index (χ1v) is 17.6. The highest BCUT2D eigenvalue weighted by Crippen LogP contribution is 2.51. The highest BCUT2D eigenvalue weighted by atomic mass is 32.1. The van der Waals surface area contributed by atoms with Gasteiger partial charge in [0.2, 0.25) is 0 Å². The summed E-state index contributed by atoms with van der Waals surface area (Å²) in [6, 6.07) is 16.9. The number of amides is 1. The molecule has 2 aliphatic heterocycles. The van der Waals surface area contributed by atoms with Crippen LogP contribution in [0.1, 0.15) is 69.8 Å². The van der Waals surface area contributed by atoms with Gasteiger partial charge in [0.1, 0.15) is 17.4 Å². The number of nitrogens with zero attached hydrogens (tertiary/aromatic N) is 5. The normalized spacial score (nSPS) is 17.7. The van der Waals surface area contributed by atoms with Crippen molar-refractivity contribution in [2.24, 2.45) is 0 Å². The first-order valence-electron chi connectivity index (χ1n) is 16.8. The zero-order chi connectivity index (χ0) is 33.9. The maximum Gasteiger partial charge on any atom is 0.354 e. The number of anilines is 1. The van der Waals surface area contributed by atoms with Gasteiger partial charge in [-0.2, -0.15) is 4.98 Å². The number of thiophene rings is 1. The van der Waals surface area contributed by atoms with E-state index < -0.39 is 0 Å². The molecule has 252 valence electrons. The molecule has 10 nitrogen and oxygen atoms in total. The Bertz CT molecular complexity index is 2290. The quantitative estimate of drug-likeness (QED) is 0.163. The minimum atomic E-state index is -0.282. The van der Waals surface area contributed by atoms with Crippen LogP contribution in [-0.2, 0) is 19.3 Å². The van der Waals surface area contributed by atoms with Crippen molar-refractivity contribution >= 4 is 33.1 Å². The van der Waals surface area contributed by atoms with Crippen molar-refractivity contribution in [3.8, 4) is 33.7 Å². The van der Waals surface area contributed by atoms with Gasteiger partial charge in [-0.3, -0.25) is 9.78 Å². The lowest BCUT2D eigenvalue weighted by molar-refractivity contribution is 0.0776. The second-order valence-corrected chi connectivity index (χ2v) is 13.9. The second kappa shape index (κ2) is 12.2. The van der Waals surface area contributed by atoms with Crippen molar-refractivity contribution in [2.75, 3.05) is 26.1 Å². The number of hydrogen-bond acceptors (Lipinski definition) is 10. The fraction of sp³-hybridized carbons (Fsp3) is 0.289. The molecule has 0 bridgehead atoms. The van der Waals surface area contributed by atoms with E-state index in [0.717, 1.165) is 74.7 Å². The van der Waals surface area contributed by atoms with Crippen LogP contribution in [0, 0.1) is 5.82 Å². The highest BCUT2D eigenvalue weighted by Gasteiger charge is 2.45. The molecule has 0 radical (unpaired) electrons. The van der Waals surface area contributed by atoms with Gasteiger partial charge in [-0.15, -0.1) is 11.3 Å². The molecular weight excluding hydrogens is 656 g/mol. The topological polar surface area (TPSA) is 116 Å². The van der Waals surface area contributed by atoms with Gasteiger partial charge in [-0.25, -0.2) is 9.37 Å². The van der Waals surface area contributed by atoms with Crippen LogP contribution in [0.5, 0.6) is 11.8 Å². The number of benzene rings is 2. The third-order valence-corrected chi connectivity index (χ3v) is 11.3. The summed E-state index contributed by atoms with van der Waals surface area (Å²) in [4.78, 5) is 31.7. The molecule has 2 atom stereocenters. The molecule has 0 saturated carbocycles. The number of hydrogen-bond donors (Lipinski definition) is 1. The highest BCUT2D eigenvalue weighted by molar-refractivity contribution is 7.23. The summed E-state index contributed by atoms with van der Waals surface area (Å²) in [6.45, 7) is 0.686. The number of carbonyl (C=O) groups excluding carboxylic acids is 1. The number of pyridine rings is 2. The van der Waals surface area contributed by atoms with Crippen LogP contribution in [0.25, 0.3) is 32.0 Å². The van der Waals surface area contributed by atoms with Crippen LogP contribution in [-0.4, -0.2) is 51.7 Å². The second-order valence-electron chi connectivity index (χ2n) is 12.9. The van der Waals surface area contributed by atoms with Gasteiger partial charge in [0, 0.05) is 23.2 Å². The van der Waals surface area contributed by atoms with E-state index in [1.165, 1.54) is 30.4 Å². The Balaban J connectivity index is 1.21. The van der Waals surface area contributed by atoms with Crippen molar-refractivity contribution in [1.29, 1.82) is 0 Å². The molecule has 1 amide bonds. The lowest BCUT2D eigenvalue weighted by Gasteiger charge is -2.16. The number of carbonyl (C=O) groups is 1. The molecule has 50 heavy (non-hydrogen) atoms. The number of ether oxygens (including phenoxy) is 2. The van der Waals surface area contributed by atoms with Crippen LogP contribution in [0.2, 0.25) is 0 Å². The Morgan fingerprint density at radius 3 is 2.72 bits per heavy atom. The van der Waals surface area contributed by atoms with Gasteiger partial charge >= 0.3 is 6.01 Å². The third kappa shape index (κ3) is 5.00. The minimum Gasteiger partial charge on any atom is -0.496 e. The SMILES string of the molecule is COc1noc(-c2c(CCc3ccc(F)cc3)nc3c(c2-c2cc4ccnc(N[C@H]5CCc6c(OC)cccc65)c4s2)C(=O)N2CCC[C@@H]32)n1. The fourth-order valence-electron chi connectivity index (χ4n) is 7.83. The molecule has 1 saturated heterocycles. The summed E-state index contributed by atoms with van der Waals surface area (Å²) < 4.78 is 31.5. The van der Waals surface area contributed by atoms with E-state index in [2.05, 4.69) is 27.6 Å². The first-order chi connectivity index (χ1) is 24.5. The average Bonchev–Trinajstić information content (AvgIpc) is 3.98. The summed E-state index contributed by atoms with van der Waals surface area (Å²) in [5, 5.41) is 8.77. The molecule has 3 aliphatic rings. The standard InChI is InChI=1S/C38H33FN6O4S/c1-47-28-7-3-5-23-24(28)13-15-25(23)42-35-34-21(16-17-40-35)19-29(50-34)31-30(36-43-38(48-2)44-49-36)26(14-10-20-8-11-22(39)12-9-20)41-33-27-6-4-18-45(27)37(46)32(31)33/h3,5,7-9,11-12,16-17,19,25,27H,4,6,10,13-15,18H2,1-2H3,(H,40,42)/t25-,27-/m0/s1. The zero-order valence-corrected chi connectivity index (χ0v) is 28.3. The van der Waals surface area contributed by atoms with Crippen molar-refractivity contribution in [2.45, 2.75) is 50.6 Å². The number of aryl methyl sites for hydroxylation is 2. The Morgan fingerprint density at radius 1 is 1.02 bits per heavy atom. The smallest absolute Gasteiger partial charge is 0.354 e. The Labute approximate surface area is 291 Å². The number of aromatic nitrogens is 4. The average molecular weight is 689 g/mol. The Kier molecular flexibility index (Phi) is 7.49. The predicted octanol–water partition coefficient (Wildman–Crippen LogP) is 7.74. The molecule has 1 N–H and O–H groups in total. The van der Waals surface area contributed by atoms with E-state index in [9.17, 15) is 9.18 Å². The molecule has 0 unspecified atom stereocenters. The fourth-order valence-corrected chi connectivity index (χ4v) is 9.00. The molecule has 6 heterocycles. The van der Waals surface area contributed by atoms with Gasteiger partial charge in [-0.05, 0) is 96.1 Å². The Hall–Kier alpha value is -5.36. The monoisotopic (exact) mass is 688 g/mol. The van der Waals surface area contributed by atoms with Crippen LogP contribution < -0.4 is 14.8 Å². The van der Waals surface area contributed by atoms with Crippen LogP contribution >= 0.6 is 11.3 Å². The van der Waals surface area contributed by atoms with Crippen LogP contribution in [0.15, 0.2) is 65.3 Å². The van der Waals surface area contributed by atoms with Crippen LogP contribution in [0.4, 0.5) is 10.2 Å². The van der Waals surface area contributed by atoms with E-state index in [1.54, 1.807) is 30.6 Å². The van der Waals surface area contributed by atoms with Gasteiger partial charge in [-0.1, -0.05) is 24.3 Å². The van der Waals surface area contributed by atoms with E-state index >= 15 is 0 Å². The van der Waals surface area contributed by atoms with E-state index in [-0.39, 0.29) is 35.7 Å². The summed E-state index contributed by atoms with van der Waals surface area (Å²) in [5.41, 5.74) is 6.87. The van der Waals surface area contributed by atoms with Crippen molar-refractivity contribution < 1.29 is 23.2 Å². The summed E-state index contributed by atoms with van der Waals surface area (Å²) in [7, 11) is 3.19. The van der Waals surface area contributed by atoms with E-state index in [1.807, 2.05) is 29.3 Å². The largest absolute Gasteiger partial charge is 0.496 e. The molecule has 6 aromatic rings. The number of methoxy groups -OCH3 is 2. The summed E-state index contributed by atoms with van der Waals surface area (Å²) >= 11 is 1.58. The number of halogens is 1. The molecule has 1 fully saturated rings. The van der Waals surface area contributed by atoms with Gasteiger partial charge in [0.15, 0.2) is 0 Å². The van der Waals surface area contributed by atoms with Crippen LogP contribution in [0.3, 0.4) is 0 Å². The number of nitrogens with one attached hydrogen (secondary N) is 1.